The SMILES string of the molecule is Nc1ccccc1CC(c1ccc(F)cc1)N1CCNCC1. The van der Waals surface area contributed by atoms with Gasteiger partial charge in [-0.2, -0.15) is 0 Å². The molecule has 2 aromatic carbocycles. The van der Waals surface area contributed by atoms with Gasteiger partial charge in [0.1, 0.15) is 5.82 Å². The zero-order valence-electron chi connectivity index (χ0n) is 12.6. The van der Waals surface area contributed by atoms with Crippen molar-refractivity contribution in [1.82, 2.24) is 10.2 Å². The average Bonchev–Trinajstić information content (AvgIpc) is 2.56. The highest BCUT2D eigenvalue weighted by molar-refractivity contribution is 5.47. The summed E-state index contributed by atoms with van der Waals surface area (Å²) in [5, 5.41) is 3.38. The molecule has 3 nitrogen and oxygen atoms in total. The van der Waals surface area contributed by atoms with Gasteiger partial charge in [-0.15, -0.1) is 0 Å². The minimum absolute atomic E-state index is 0.193. The molecule has 3 N–H and O–H groups in total. The Bertz CT molecular complexity index is 606. The van der Waals surface area contributed by atoms with E-state index in [-0.39, 0.29) is 11.9 Å². The van der Waals surface area contributed by atoms with Crippen molar-refractivity contribution in [1.29, 1.82) is 0 Å². The first-order valence-corrected chi connectivity index (χ1v) is 7.77. The van der Waals surface area contributed by atoms with Crippen molar-refractivity contribution in [2.24, 2.45) is 0 Å². The number of hydrogen-bond donors (Lipinski definition) is 2. The molecule has 0 saturated carbocycles. The summed E-state index contributed by atoms with van der Waals surface area (Å²) in [6.07, 6.45) is 0.846. The fourth-order valence-electron chi connectivity index (χ4n) is 3.06. The number of nitrogens with one attached hydrogen (secondary N) is 1. The van der Waals surface area contributed by atoms with Gasteiger partial charge in [0.15, 0.2) is 0 Å². The van der Waals surface area contributed by atoms with E-state index in [1.54, 1.807) is 12.1 Å². The van der Waals surface area contributed by atoms with Crippen LogP contribution in [0.3, 0.4) is 0 Å². The number of rotatable bonds is 4. The molecule has 22 heavy (non-hydrogen) atoms. The van der Waals surface area contributed by atoms with Crippen LogP contribution in [0.25, 0.3) is 0 Å². The Morgan fingerprint density at radius 2 is 1.73 bits per heavy atom. The van der Waals surface area contributed by atoms with E-state index < -0.39 is 0 Å². The molecular weight excluding hydrogens is 277 g/mol. The van der Waals surface area contributed by atoms with E-state index >= 15 is 0 Å². The largest absolute Gasteiger partial charge is 0.399 e. The highest BCUT2D eigenvalue weighted by atomic mass is 19.1. The Morgan fingerprint density at radius 3 is 2.41 bits per heavy atom. The molecular formula is C18H22FN3. The Kier molecular flexibility index (Phi) is 4.71. The topological polar surface area (TPSA) is 41.3 Å². The third-order valence-corrected chi connectivity index (χ3v) is 4.32. The van der Waals surface area contributed by atoms with Crippen LogP contribution >= 0.6 is 0 Å². The summed E-state index contributed by atoms with van der Waals surface area (Å²) in [7, 11) is 0. The van der Waals surface area contributed by atoms with Crippen LogP contribution in [0.4, 0.5) is 10.1 Å². The molecule has 0 amide bonds. The Hall–Kier alpha value is -1.91. The van der Waals surface area contributed by atoms with Crippen LogP contribution < -0.4 is 11.1 Å². The molecule has 0 aliphatic carbocycles. The van der Waals surface area contributed by atoms with E-state index in [9.17, 15) is 4.39 Å². The van der Waals surface area contributed by atoms with Gasteiger partial charge in [-0.25, -0.2) is 4.39 Å². The Balaban J connectivity index is 1.88. The lowest BCUT2D eigenvalue weighted by Gasteiger charge is -2.35. The van der Waals surface area contributed by atoms with Gasteiger partial charge in [-0.1, -0.05) is 30.3 Å². The van der Waals surface area contributed by atoms with Crippen LogP contribution in [-0.2, 0) is 6.42 Å². The third-order valence-electron chi connectivity index (χ3n) is 4.32. The Morgan fingerprint density at radius 1 is 1.05 bits per heavy atom. The number of nitrogens with two attached hydrogens (primary N) is 1. The van der Waals surface area contributed by atoms with Gasteiger partial charge in [-0.05, 0) is 35.7 Å². The van der Waals surface area contributed by atoms with E-state index in [0.29, 0.717) is 0 Å². The molecule has 1 aliphatic heterocycles. The Labute approximate surface area is 130 Å². The monoisotopic (exact) mass is 299 g/mol. The standard InChI is InChI=1S/C18H22FN3/c19-16-7-5-14(6-8-16)18(22-11-9-21-10-12-22)13-15-3-1-2-4-17(15)20/h1-8,18,21H,9-13,20H2. The van der Waals surface area contributed by atoms with Crippen LogP contribution in [0.15, 0.2) is 48.5 Å². The van der Waals surface area contributed by atoms with E-state index in [1.165, 1.54) is 0 Å². The van der Waals surface area contributed by atoms with E-state index in [2.05, 4.69) is 16.3 Å². The molecule has 3 rings (SSSR count). The summed E-state index contributed by atoms with van der Waals surface area (Å²) < 4.78 is 13.2. The number of nitrogens with zero attached hydrogens (tertiary/aromatic N) is 1. The molecule has 0 aromatic heterocycles. The number of hydrogen-bond acceptors (Lipinski definition) is 3. The molecule has 0 bridgehead atoms. The number of piperazine rings is 1. The fraction of sp³-hybridized carbons (Fsp3) is 0.333. The zero-order chi connectivity index (χ0) is 15.4. The molecule has 1 aliphatic rings. The predicted molar refractivity (Wildman–Crippen MR) is 88.1 cm³/mol. The van der Waals surface area contributed by atoms with Crippen LogP contribution in [0, 0.1) is 5.82 Å². The van der Waals surface area contributed by atoms with E-state index in [1.807, 2.05) is 30.3 Å². The molecule has 4 heteroatoms. The molecule has 2 aromatic rings. The minimum atomic E-state index is -0.193. The van der Waals surface area contributed by atoms with Crippen molar-refractivity contribution >= 4 is 5.69 Å². The predicted octanol–water partition coefficient (Wildman–Crippen LogP) is 2.60. The van der Waals surface area contributed by atoms with Gasteiger partial charge in [-0.3, -0.25) is 4.90 Å². The second-order valence-electron chi connectivity index (χ2n) is 5.76. The van der Waals surface area contributed by atoms with Crippen molar-refractivity contribution < 1.29 is 4.39 Å². The van der Waals surface area contributed by atoms with E-state index in [4.69, 9.17) is 5.73 Å². The molecule has 116 valence electrons. The lowest BCUT2D eigenvalue weighted by Crippen LogP contribution is -2.45. The van der Waals surface area contributed by atoms with Crippen LogP contribution in [0.2, 0.25) is 0 Å². The third kappa shape index (κ3) is 3.46. The van der Waals surface area contributed by atoms with Gasteiger partial charge >= 0.3 is 0 Å². The van der Waals surface area contributed by atoms with E-state index in [0.717, 1.165) is 49.4 Å². The second-order valence-corrected chi connectivity index (χ2v) is 5.76. The number of nitrogen functional groups attached to an aromatic ring is 1. The van der Waals surface area contributed by atoms with Crippen LogP contribution in [0.1, 0.15) is 17.2 Å². The van der Waals surface area contributed by atoms with Crippen molar-refractivity contribution in [3.05, 3.63) is 65.5 Å². The van der Waals surface area contributed by atoms with Crippen molar-refractivity contribution in [2.75, 3.05) is 31.9 Å². The smallest absolute Gasteiger partial charge is 0.123 e. The lowest BCUT2D eigenvalue weighted by molar-refractivity contribution is 0.172. The summed E-state index contributed by atoms with van der Waals surface area (Å²) in [6.45, 7) is 3.97. The second kappa shape index (κ2) is 6.90. The summed E-state index contributed by atoms with van der Waals surface area (Å²) in [5.74, 6) is -0.193. The normalized spacial score (nSPS) is 17.3. The number of halogens is 1. The molecule has 0 spiro atoms. The number of benzene rings is 2. The van der Waals surface area contributed by atoms with Gasteiger partial charge in [0, 0.05) is 37.9 Å². The van der Waals surface area contributed by atoms with Gasteiger partial charge < -0.3 is 11.1 Å². The number of anilines is 1. The first-order chi connectivity index (χ1) is 10.7. The van der Waals surface area contributed by atoms with Crippen molar-refractivity contribution in [3.8, 4) is 0 Å². The quantitative estimate of drug-likeness (QED) is 0.853. The highest BCUT2D eigenvalue weighted by Crippen LogP contribution is 2.27. The molecule has 1 unspecified atom stereocenters. The summed E-state index contributed by atoms with van der Waals surface area (Å²) >= 11 is 0. The molecule has 1 fully saturated rings. The first-order valence-electron chi connectivity index (χ1n) is 7.77. The molecule has 1 atom stereocenters. The summed E-state index contributed by atoms with van der Waals surface area (Å²) in [4.78, 5) is 2.45. The average molecular weight is 299 g/mol. The maximum absolute atomic E-state index is 13.2. The zero-order valence-corrected chi connectivity index (χ0v) is 12.6. The number of para-hydroxylation sites is 1. The van der Waals surface area contributed by atoms with Crippen molar-refractivity contribution in [3.63, 3.8) is 0 Å². The summed E-state index contributed by atoms with van der Waals surface area (Å²) in [5.41, 5.74) is 9.23. The molecule has 1 saturated heterocycles. The van der Waals surface area contributed by atoms with Crippen LogP contribution in [-0.4, -0.2) is 31.1 Å². The van der Waals surface area contributed by atoms with Gasteiger partial charge in [0.2, 0.25) is 0 Å². The first kappa shape index (κ1) is 15.0. The fourth-order valence-corrected chi connectivity index (χ4v) is 3.06. The van der Waals surface area contributed by atoms with Crippen molar-refractivity contribution in [2.45, 2.75) is 12.5 Å². The lowest BCUT2D eigenvalue weighted by atomic mass is 9.96. The molecule has 0 radical (unpaired) electrons. The summed E-state index contributed by atoms with van der Waals surface area (Å²) in [6, 6.07) is 15.1. The minimum Gasteiger partial charge on any atom is -0.399 e. The maximum Gasteiger partial charge on any atom is 0.123 e. The maximum atomic E-state index is 13.2. The van der Waals surface area contributed by atoms with Gasteiger partial charge in [0.25, 0.3) is 0 Å². The highest BCUT2D eigenvalue weighted by Gasteiger charge is 2.23. The van der Waals surface area contributed by atoms with Gasteiger partial charge in [0.05, 0.1) is 0 Å². The van der Waals surface area contributed by atoms with Crippen LogP contribution in [0.5, 0.6) is 0 Å². The molecule has 1 heterocycles.